The van der Waals surface area contributed by atoms with Crippen LogP contribution in [0.15, 0.2) is 4.42 Å². The standard InChI is InChI=1S/C10H17N3O2/c1-6(14)9-12-13-10(15-9)7-2-4-8(11)5-3-7/h6-8,14H,2-5,11H2,1H3/t6-,7-,8-/m1/s1. The largest absolute Gasteiger partial charge is 0.422 e. The van der Waals surface area contributed by atoms with Crippen LogP contribution in [-0.4, -0.2) is 21.3 Å². The molecule has 5 heteroatoms. The topological polar surface area (TPSA) is 85.2 Å². The van der Waals surface area contributed by atoms with Crippen LogP contribution >= 0.6 is 0 Å². The molecule has 1 aromatic heterocycles. The zero-order valence-electron chi connectivity index (χ0n) is 8.89. The summed E-state index contributed by atoms with van der Waals surface area (Å²) in [5, 5.41) is 17.0. The Bertz CT molecular complexity index is 316. The fraction of sp³-hybridized carbons (Fsp3) is 0.800. The van der Waals surface area contributed by atoms with Crippen LogP contribution in [0.4, 0.5) is 0 Å². The second kappa shape index (κ2) is 4.28. The van der Waals surface area contributed by atoms with E-state index in [1.165, 1.54) is 0 Å². The molecule has 0 spiro atoms. The van der Waals surface area contributed by atoms with E-state index in [4.69, 9.17) is 10.2 Å². The Morgan fingerprint density at radius 1 is 1.33 bits per heavy atom. The quantitative estimate of drug-likeness (QED) is 0.765. The van der Waals surface area contributed by atoms with Gasteiger partial charge < -0.3 is 15.3 Å². The number of aliphatic hydroxyl groups excluding tert-OH is 1. The Kier molecular flexibility index (Phi) is 3.02. The summed E-state index contributed by atoms with van der Waals surface area (Å²) in [5.74, 6) is 1.28. The maximum Gasteiger partial charge on any atom is 0.244 e. The van der Waals surface area contributed by atoms with Crippen LogP contribution in [-0.2, 0) is 0 Å². The first-order valence-corrected chi connectivity index (χ1v) is 5.43. The van der Waals surface area contributed by atoms with Crippen LogP contribution < -0.4 is 5.73 Å². The van der Waals surface area contributed by atoms with Crippen molar-refractivity contribution >= 4 is 0 Å². The maximum absolute atomic E-state index is 9.26. The van der Waals surface area contributed by atoms with Crippen molar-refractivity contribution in [2.75, 3.05) is 0 Å². The second-order valence-corrected chi connectivity index (χ2v) is 4.27. The lowest BCUT2D eigenvalue weighted by molar-refractivity contribution is 0.158. The first kappa shape index (κ1) is 10.6. The van der Waals surface area contributed by atoms with Gasteiger partial charge in [0.25, 0.3) is 0 Å². The van der Waals surface area contributed by atoms with Crippen molar-refractivity contribution in [1.29, 1.82) is 0 Å². The molecule has 5 nitrogen and oxygen atoms in total. The number of hydrogen-bond acceptors (Lipinski definition) is 5. The molecule has 84 valence electrons. The van der Waals surface area contributed by atoms with Gasteiger partial charge in [0.15, 0.2) is 0 Å². The zero-order chi connectivity index (χ0) is 10.8. The Balaban J connectivity index is 2.03. The third kappa shape index (κ3) is 2.35. The van der Waals surface area contributed by atoms with Gasteiger partial charge in [0.1, 0.15) is 6.10 Å². The fourth-order valence-corrected chi connectivity index (χ4v) is 1.95. The van der Waals surface area contributed by atoms with E-state index < -0.39 is 6.10 Å². The minimum Gasteiger partial charge on any atom is -0.422 e. The van der Waals surface area contributed by atoms with E-state index >= 15 is 0 Å². The number of rotatable bonds is 2. The molecule has 1 saturated carbocycles. The smallest absolute Gasteiger partial charge is 0.244 e. The summed E-state index contributed by atoms with van der Waals surface area (Å²) in [4.78, 5) is 0. The monoisotopic (exact) mass is 211 g/mol. The summed E-state index contributed by atoms with van der Waals surface area (Å²) >= 11 is 0. The molecule has 1 aliphatic carbocycles. The Morgan fingerprint density at radius 3 is 2.53 bits per heavy atom. The van der Waals surface area contributed by atoms with E-state index in [2.05, 4.69) is 10.2 Å². The minimum absolute atomic E-state index is 0.305. The zero-order valence-corrected chi connectivity index (χ0v) is 8.89. The average molecular weight is 211 g/mol. The number of hydrogen-bond donors (Lipinski definition) is 2. The van der Waals surface area contributed by atoms with Gasteiger partial charge in [-0.05, 0) is 32.6 Å². The Hall–Kier alpha value is -0.940. The van der Waals surface area contributed by atoms with Crippen LogP contribution in [0, 0.1) is 0 Å². The Labute approximate surface area is 88.7 Å². The van der Waals surface area contributed by atoms with Crippen LogP contribution in [0.25, 0.3) is 0 Å². The van der Waals surface area contributed by atoms with Crippen molar-refractivity contribution in [2.24, 2.45) is 5.73 Å². The summed E-state index contributed by atoms with van der Waals surface area (Å²) in [6.07, 6.45) is 3.34. The molecule has 1 aromatic rings. The highest BCUT2D eigenvalue weighted by molar-refractivity contribution is 4.95. The molecule has 1 heterocycles. The highest BCUT2D eigenvalue weighted by Gasteiger charge is 2.25. The first-order chi connectivity index (χ1) is 7.16. The maximum atomic E-state index is 9.26. The number of aliphatic hydroxyl groups is 1. The highest BCUT2D eigenvalue weighted by Crippen LogP contribution is 2.31. The van der Waals surface area contributed by atoms with Crippen molar-refractivity contribution in [3.8, 4) is 0 Å². The van der Waals surface area contributed by atoms with Crippen molar-refractivity contribution in [1.82, 2.24) is 10.2 Å². The molecule has 0 saturated heterocycles. The molecular formula is C10H17N3O2. The van der Waals surface area contributed by atoms with Crippen molar-refractivity contribution in [2.45, 2.75) is 50.7 Å². The van der Waals surface area contributed by atoms with E-state index in [9.17, 15) is 5.11 Å². The molecule has 0 bridgehead atoms. The molecule has 0 aliphatic heterocycles. The van der Waals surface area contributed by atoms with E-state index in [0.717, 1.165) is 25.7 Å². The van der Waals surface area contributed by atoms with Gasteiger partial charge in [0, 0.05) is 12.0 Å². The summed E-state index contributed by atoms with van der Waals surface area (Å²) in [7, 11) is 0. The van der Waals surface area contributed by atoms with Gasteiger partial charge in [0.05, 0.1) is 0 Å². The Morgan fingerprint density at radius 2 is 2.00 bits per heavy atom. The van der Waals surface area contributed by atoms with Crippen molar-refractivity contribution in [3.05, 3.63) is 11.8 Å². The molecule has 0 radical (unpaired) electrons. The molecular weight excluding hydrogens is 194 g/mol. The van der Waals surface area contributed by atoms with Crippen LogP contribution in [0.1, 0.15) is 56.4 Å². The van der Waals surface area contributed by atoms with Gasteiger partial charge in [-0.1, -0.05) is 0 Å². The number of aromatic nitrogens is 2. The minimum atomic E-state index is -0.683. The van der Waals surface area contributed by atoms with E-state index in [0.29, 0.717) is 23.7 Å². The van der Waals surface area contributed by atoms with Gasteiger partial charge in [-0.2, -0.15) is 0 Å². The molecule has 0 aromatic carbocycles. The summed E-state index contributed by atoms with van der Waals surface area (Å²) < 4.78 is 5.41. The van der Waals surface area contributed by atoms with Gasteiger partial charge in [-0.25, -0.2) is 0 Å². The predicted molar refractivity (Wildman–Crippen MR) is 54.1 cm³/mol. The van der Waals surface area contributed by atoms with Gasteiger partial charge in [-0.15, -0.1) is 10.2 Å². The molecule has 1 fully saturated rings. The van der Waals surface area contributed by atoms with Crippen LogP contribution in [0.3, 0.4) is 0 Å². The van der Waals surface area contributed by atoms with Crippen molar-refractivity contribution in [3.63, 3.8) is 0 Å². The summed E-state index contributed by atoms with van der Waals surface area (Å²) in [6.45, 7) is 1.62. The van der Waals surface area contributed by atoms with Crippen LogP contribution in [0.2, 0.25) is 0 Å². The van der Waals surface area contributed by atoms with Crippen molar-refractivity contribution < 1.29 is 9.52 Å². The second-order valence-electron chi connectivity index (χ2n) is 4.27. The van der Waals surface area contributed by atoms with E-state index in [1.807, 2.05) is 0 Å². The third-order valence-corrected chi connectivity index (χ3v) is 2.93. The van der Waals surface area contributed by atoms with E-state index in [1.54, 1.807) is 6.92 Å². The lowest BCUT2D eigenvalue weighted by Gasteiger charge is -2.23. The SMILES string of the molecule is C[C@@H](O)c1nnc([C@H]2CC[C@H](N)CC2)o1. The summed E-state index contributed by atoms with van der Waals surface area (Å²) in [6, 6.07) is 0.320. The molecule has 1 aliphatic rings. The normalized spacial score (nSPS) is 29.0. The first-order valence-electron chi connectivity index (χ1n) is 5.43. The predicted octanol–water partition coefficient (Wildman–Crippen LogP) is 1.11. The molecule has 2 rings (SSSR count). The number of nitrogens with two attached hydrogens (primary N) is 1. The van der Waals surface area contributed by atoms with Gasteiger partial charge in [0.2, 0.25) is 11.8 Å². The van der Waals surface area contributed by atoms with E-state index in [-0.39, 0.29) is 0 Å². The van der Waals surface area contributed by atoms with Gasteiger partial charge >= 0.3 is 0 Å². The molecule has 0 unspecified atom stereocenters. The third-order valence-electron chi connectivity index (χ3n) is 2.93. The molecule has 15 heavy (non-hydrogen) atoms. The fourth-order valence-electron chi connectivity index (χ4n) is 1.95. The number of nitrogens with zero attached hydrogens (tertiary/aromatic N) is 2. The summed E-state index contributed by atoms with van der Waals surface area (Å²) in [5.41, 5.74) is 5.82. The molecule has 3 N–H and O–H groups in total. The lowest BCUT2D eigenvalue weighted by atomic mass is 9.86. The average Bonchev–Trinajstić information content (AvgIpc) is 2.68. The van der Waals surface area contributed by atoms with Gasteiger partial charge in [-0.3, -0.25) is 0 Å². The van der Waals surface area contributed by atoms with Crippen LogP contribution in [0.5, 0.6) is 0 Å². The molecule has 0 amide bonds. The molecule has 1 atom stereocenters. The lowest BCUT2D eigenvalue weighted by Crippen LogP contribution is -2.25. The highest BCUT2D eigenvalue weighted by atomic mass is 16.4.